The molecule has 2 amide bonds. The minimum atomic E-state index is -4.51. The number of amides is 2. The number of hydrogen-bond donors (Lipinski definition) is 2. The van der Waals surface area contributed by atoms with Gasteiger partial charge < -0.3 is 10.6 Å². The summed E-state index contributed by atoms with van der Waals surface area (Å²) < 4.78 is 38.8. The zero-order valence-electron chi connectivity index (χ0n) is 8.85. The molecule has 1 aromatic carbocycles. The first-order valence-electron chi connectivity index (χ1n) is 4.85. The van der Waals surface area contributed by atoms with Crippen LogP contribution in [0.3, 0.4) is 0 Å². The molecule has 1 aliphatic heterocycles. The van der Waals surface area contributed by atoms with Gasteiger partial charge in [0.2, 0.25) is 0 Å². The fourth-order valence-electron chi connectivity index (χ4n) is 1.76. The molecule has 6 heteroatoms. The fourth-order valence-corrected chi connectivity index (χ4v) is 1.76. The van der Waals surface area contributed by atoms with E-state index in [0.717, 1.165) is 0 Å². The number of alkyl halides is 3. The normalized spacial score (nSPS) is 15.9. The van der Waals surface area contributed by atoms with Gasteiger partial charge in [-0.3, -0.25) is 0 Å². The quantitative estimate of drug-likeness (QED) is 0.721. The highest BCUT2D eigenvalue weighted by Gasteiger charge is 2.39. The second kappa shape index (κ2) is 3.80. The molecule has 0 unspecified atom stereocenters. The predicted molar refractivity (Wildman–Crippen MR) is 57.2 cm³/mol. The van der Waals surface area contributed by atoms with Crippen molar-refractivity contribution < 1.29 is 18.0 Å². The van der Waals surface area contributed by atoms with E-state index in [9.17, 15) is 18.0 Å². The maximum Gasteiger partial charge on any atom is 0.418 e. The van der Waals surface area contributed by atoms with Gasteiger partial charge in [-0.1, -0.05) is 18.2 Å². The summed E-state index contributed by atoms with van der Waals surface area (Å²) in [6, 6.07) is 5.14. The molecule has 1 aliphatic rings. The van der Waals surface area contributed by atoms with E-state index >= 15 is 0 Å². The summed E-state index contributed by atoms with van der Waals surface area (Å²) in [4.78, 5) is 11.3. The predicted octanol–water partition coefficient (Wildman–Crippen LogP) is 3.12. The van der Waals surface area contributed by atoms with Crippen LogP contribution in [0.1, 0.15) is 12.5 Å². The minimum absolute atomic E-state index is 0.0316. The van der Waals surface area contributed by atoms with Gasteiger partial charge in [0.25, 0.3) is 0 Å². The van der Waals surface area contributed by atoms with Crippen molar-refractivity contribution in [2.24, 2.45) is 0 Å². The summed E-state index contributed by atoms with van der Waals surface area (Å²) in [5.41, 5.74) is -0.920. The molecular formula is C11H9F3N2O. The molecule has 0 fully saturated rings. The maximum atomic E-state index is 12.9. The highest BCUT2D eigenvalue weighted by Crippen LogP contribution is 2.39. The summed E-state index contributed by atoms with van der Waals surface area (Å²) in [5.74, 6) is 0. The number of para-hydroxylation sites is 1. The zero-order valence-corrected chi connectivity index (χ0v) is 8.85. The largest absolute Gasteiger partial charge is 0.418 e. The molecule has 0 saturated carbocycles. The Morgan fingerprint density at radius 2 is 1.76 bits per heavy atom. The third-order valence-corrected chi connectivity index (χ3v) is 2.40. The standard InChI is InChI=1S/C11H9F3N2O/c1-6-9(11(12,13)14)7-4-2-3-5-8(7)16-10(17)15-6/h2-5H,1H3,(H2,15,16,17). The highest BCUT2D eigenvalue weighted by molar-refractivity contribution is 5.98. The lowest BCUT2D eigenvalue weighted by Gasteiger charge is -2.14. The second-order valence-corrected chi connectivity index (χ2v) is 3.62. The summed E-state index contributed by atoms with van der Waals surface area (Å²) >= 11 is 0. The van der Waals surface area contributed by atoms with Crippen LogP contribution >= 0.6 is 0 Å². The molecule has 2 N–H and O–H groups in total. The van der Waals surface area contributed by atoms with Crippen molar-refractivity contribution in [3.63, 3.8) is 0 Å². The van der Waals surface area contributed by atoms with Crippen LogP contribution in [0.15, 0.2) is 30.0 Å². The monoisotopic (exact) mass is 242 g/mol. The Hall–Kier alpha value is -1.98. The Kier molecular flexibility index (Phi) is 2.57. The number of benzene rings is 1. The molecular weight excluding hydrogens is 233 g/mol. The average Bonchev–Trinajstić information content (AvgIpc) is 2.30. The van der Waals surface area contributed by atoms with Crippen molar-refractivity contribution in [2.75, 3.05) is 5.32 Å². The molecule has 0 aliphatic carbocycles. The first-order valence-corrected chi connectivity index (χ1v) is 4.85. The van der Waals surface area contributed by atoms with Crippen molar-refractivity contribution in [3.8, 4) is 0 Å². The van der Waals surface area contributed by atoms with E-state index in [1.165, 1.54) is 25.1 Å². The lowest BCUT2D eigenvalue weighted by molar-refractivity contribution is -0.0694. The molecule has 0 aromatic heterocycles. The van der Waals surface area contributed by atoms with Crippen LogP contribution in [0.4, 0.5) is 23.7 Å². The number of fused-ring (bicyclic) bond motifs is 1. The van der Waals surface area contributed by atoms with E-state index in [1.807, 2.05) is 0 Å². The van der Waals surface area contributed by atoms with Crippen LogP contribution in [0, 0.1) is 0 Å². The van der Waals surface area contributed by atoms with Crippen LogP contribution in [0.5, 0.6) is 0 Å². The number of allylic oxidation sites excluding steroid dienone is 2. The summed E-state index contributed by atoms with van der Waals surface area (Å²) in [5, 5.41) is 4.52. The molecule has 0 atom stereocenters. The maximum absolute atomic E-state index is 12.9. The SMILES string of the molecule is CC1=C(C(F)(F)F)c2ccccc2NC(=O)N1. The Balaban J connectivity index is 2.69. The molecule has 1 aromatic rings. The Bertz CT molecular complexity index is 506. The third-order valence-electron chi connectivity index (χ3n) is 2.40. The molecule has 0 spiro atoms. The summed E-state index contributed by atoms with van der Waals surface area (Å²) in [6.07, 6.45) is -4.51. The van der Waals surface area contributed by atoms with Crippen molar-refractivity contribution in [1.29, 1.82) is 0 Å². The molecule has 2 rings (SSSR count). The number of carbonyl (C=O) groups excluding carboxylic acids is 1. The van der Waals surface area contributed by atoms with Gasteiger partial charge >= 0.3 is 12.2 Å². The van der Waals surface area contributed by atoms with Gasteiger partial charge in [0, 0.05) is 11.3 Å². The number of hydrogen-bond acceptors (Lipinski definition) is 1. The van der Waals surface area contributed by atoms with E-state index in [1.54, 1.807) is 6.07 Å². The zero-order chi connectivity index (χ0) is 12.6. The number of carbonyl (C=O) groups is 1. The van der Waals surface area contributed by atoms with Crippen LogP contribution < -0.4 is 10.6 Å². The fraction of sp³-hybridized carbons (Fsp3) is 0.182. The molecule has 3 nitrogen and oxygen atoms in total. The number of rotatable bonds is 0. The molecule has 0 saturated heterocycles. The number of anilines is 1. The van der Waals surface area contributed by atoms with Crippen molar-refractivity contribution in [3.05, 3.63) is 35.5 Å². The van der Waals surface area contributed by atoms with Gasteiger partial charge in [-0.25, -0.2) is 4.79 Å². The van der Waals surface area contributed by atoms with Gasteiger partial charge in [0.15, 0.2) is 0 Å². The molecule has 1 heterocycles. The number of nitrogens with one attached hydrogen (secondary N) is 2. The highest BCUT2D eigenvalue weighted by atomic mass is 19.4. The Morgan fingerprint density at radius 1 is 1.12 bits per heavy atom. The Labute approximate surface area is 95.3 Å². The van der Waals surface area contributed by atoms with Crippen LogP contribution in [0.25, 0.3) is 5.57 Å². The molecule has 17 heavy (non-hydrogen) atoms. The van der Waals surface area contributed by atoms with Gasteiger partial charge in [0.05, 0.1) is 11.3 Å². The average molecular weight is 242 g/mol. The van der Waals surface area contributed by atoms with E-state index in [2.05, 4.69) is 10.6 Å². The van der Waals surface area contributed by atoms with Crippen molar-refractivity contribution >= 4 is 17.3 Å². The third kappa shape index (κ3) is 2.11. The van der Waals surface area contributed by atoms with Crippen molar-refractivity contribution in [2.45, 2.75) is 13.1 Å². The number of halogens is 3. The summed E-state index contributed by atoms with van der Waals surface area (Å²) in [7, 11) is 0. The topological polar surface area (TPSA) is 41.1 Å². The molecule has 0 radical (unpaired) electrons. The van der Waals surface area contributed by atoms with E-state index < -0.39 is 17.8 Å². The number of urea groups is 1. The molecule has 0 bridgehead atoms. The van der Waals surface area contributed by atoms with E-state index in [4.69, 9.17) is 0 Å². The van der Waals surface area contributed by atoms with E-state index in [0.29, 0.717) is 0 Å². The van der Waals surface area contributed by atoms with Gasteiger partial charge in [0.1, 0.15) is 0 Å². The van der Waals surface area contributed by atoms with Crippen LogP contribution in [0.2, 0.25) is 0 Å². The van der Waals surface area contributed by atoms with Crippen LogP contribution in [-0.4, -0.2) is 12.2 Å². The van der Waals surface area contributed by atoms with Crippen LogP contribution in [-0.2, 0) is 0 Å². The second-order valence-electron chi connectivity index (χ2n) is 3.62. The first kappa shape index (κ1) is 11.5. The minimum Gasteiger partial charge on any atom is -0.311 e. The van der Waals surface area contributed by atoms with Gasteiger partial charge in [-0.05, 0) is 13.0 Å². The molecule has 90 valence electrons. The van der Waals surface area contributed by atoms with Crippen molar-refractivity contribution in [1.82, 2.24) is 5.32 Å². The lowest BCUT2D eigenvalue weighted by atomic mass is 10.0. The lowest BCUT2D eigenvalue weighted by Crippen LogP contribution is -2.26. The summed E-state index contributed by atoms with van der Waals surface area (Å²) in [6.45, 7) is 1.23. The van der Waals surface area contributed by atoms with Gasteiger partial charge in [-0.2, -0.15) is 13.2 Å². The van der Waals surface area contributed by atoms with Gasteiger partial charge in [-0.15, -0.1) is 0 Å². The smallest absolute Gasteiger partial charge is 0.311 e. The van der Waals surface area contributed by atoms with E-state index in [-0.39, 0.29) is 16.9 Å². The Morgan fingerprint density at radius 3 is 2.41 bits per heavy atom. The first-order chi connectivity index (χ1) is 7.89.